The Bertz CT molecular complexity index is 7070. The number of benzene rings is 6. The summed E-state index contributed by atoms with van der Waals surface area (Å²) in [4.78, 5) is 119. The smallest absolute Gasteiger partial charge is 0.354 e. The average Bonchev–Trinajstić information content (AvgIpc) is 1.55. The molecule has 0 bridgehead atoms. The molecular formula is C98H96F9N17O10. The predicted octanol–water partition coefficient (Wildman–Crippen LogP) is 15.4. The van der Waals surface area contributed by atoms with Gasteiger partial charge in [-0.05, 0) is 149 Å². The second-order valence-electron chi connectivity index (χ2n) is 35.3. The third-order valence-corrected chi connectivity index (χ3v) is 25.6. The monoisotopic (exact) mass is 1840 g/mol. The maximum Gasteiger partial charge on any atom is 0.354 e. The summed E-state index contributed by atoms with van der Waals surface area (Å²) in [5.74, 6) is -14.2. The van der Waals surface area contributed by atoms with Gasteiger partial charge >= 0.3 is 17.1 Å². The Labute approximate surface area is 762 Å². The van der Waals surface area contributed by atoms with Gasteiger partial charge in [-0.2, -0.15) is 15.0 Å². The fraction of sp³-hybridized carbons (Fsp3) is 0.327. The number of phenolic OH excluding ortho intramolecular Hbond substituents is 3. The number of pyridine rings is 3. The number of aromatic nitrogens is 9. The van der Waals surface area contributed by atoms with Crippen LogP contribution >= 0.6 is 0 Å². The minimum absolute atomic E-state index is 0.0149. The number of rotatable bonds is 12. The summed E-state index contributed by atoms with van der Waals surface area (Å²) < 4.78 is 157. The molecule has 6 aromatic carbocycles. The molecule has 18 rings (SSSR count). The number of nitrogens with one attached hydrogen (secondary N) is 1. The fourth-order valence-corrected chi connectivity index (χ4v) is 19.9. The molecule has 0 saturated carbocycles. The van der Waals surface area contributed by atoms with Crippen LogP contribution < -0.4 is 46.7 Å². The molecule has 12 aromatic rings. The van der Waals surface area contributed by atoms with E-state index in [4.69, 9.17) is 4.74 Å². The number of hydrogen-bond acceptors (Lipinski definition) is 21. The number of fused-ring (bicyclic) bond motifs is 6. The van der Waals surface area contributed by atoms with Gasteiger partial charge in [-0.1, -0.05) is 79.5 Å². The topological polar surface area (TPSA) is 299 Å². The fourth-order valence-electron chi connectivity index (χ4n) is 19.9. The van der Waals surface area contributed by atoms with Crippen LogP contribution in [-0.4, -0.2) is 194 Å². The van der Waals surface area contributed by atoms with Gasteiger partial charge in [0.2, 0.25) is 17.7 Å². The molecule has 6 atom stereocenters. The molecule has 3 fully saturated rings. The quantitative estimate of drug-likeness (QED) is 0.0652. The van der Waals surface area contributed by atoms with E-state index in [1.165, 1.54) is 36.4 Å². The summed E-state index contributed by atoms with van der Waals surface area (Å²) in [6.45, 7) is 34.3. The lowest BCUT2D eigenvalue weighted by molar-refractivity contribution is -0.128. The number of carbonyl (C=O) groups excluding carboxylic acids is 3. The van der Waals surface area contributed by atoms with Gasteiger partial charge < -0.3 is 59.7 Å². The van der Waals surface area contributed by atoms with E-state index in [1.54, 1.807) is 84.2 Å². The Morgan fingerprint density at radius 2 is 0.776 bits per heavy atom. The molecule has 0 radical (unpaired) electrons. The number of aromatic hydroxyl groups is 3. The molecule has 3 saturated heterocycles. The molecule has 696 valence electrons. The van der Waals surface area contributed by atoms with Crippen molar-refractivity contribution in [2.24, 2.45) is 0 Å². The summed E-state index contributed by atoms with van der Waals surface area (Å²) in [7, 11) is 1.61. The Balaban J connectivity index is 0.000000146. The van der Waals surface area contributed by atoms with Crippen molar-refractivity contribution < 1.29 is 74.0 Å². The van der Waals surface area contributed by atoms with E-state index in [2.05, 4.69) is 55.0 Å². The van der Waals surface area contributed by atoms with Gasteiger partial charge in [-0.25, -0.2) is 53.9 Å². The Hall–Kier alpha value is -14.6. The standard InChI is InChI=1S/C33H33F3N6O3.C33H32F3N5O4.C32H31F3N6O3/c1-7-22(44)40-13-18(5)41-19(15-40)14-39(6)30-25-31(27(36)24(26(30)35)23-20(34)9-8-10-21(23)43)42(33(45)38-32(25)41)29-17(4)11-12-37-28(29)16(2)3;1-6-22(43)39-14-18(5)40-19(15-39)11-13-45-31-25-30(26(35)24(27(31)36)23-20(34)8-7-9-21(23)42)41(33(44)38-32(25)40)29-17(4)10-12-37-28(29)16(2)3;1-6-21(43)39-13-17(5)40-18(14-39)12-37-28-24-30(26(35)23(25(28)34)22-19(33)8-7-9-20(22)42)41(32(44)38-31(24)40)29-16(4)10-11-36-27(29)15(2)3/h7-12,16,18-19,43H,1,13-15H2,2-6H3;6-10,12,16,18-19,42H,1,11,13-15H2,2-5H3;6-11,15,17-18,37,42H,1,12-14H2,2-5H3. The highest BCUT2D eigenvalue weighted by atomic mass is 19.2. The van der Waals surface area contributed by atoms with E-state index in [0.717, 1.165) is 50.1 Å². The highest BCUT2D eigenvalue weighted by Crippen LogP contribution is 2.53. The number of carbonyl (C=O) groups is 3. The lowest BCUT2D eigenvalue weighted by atomic mass is 9.96. The molecule has 0 aliphatic carbocycles. The van der Waals surface area contributed by atoms with Crippen LogP contribution in [0.5, 0.6) is 23.0 Å². The van der Waals surface area contributed by atoms with Crippen molar-refractivity contribution >= 4 is 79.3 Å². The van der Waals surface area contributed by atoms with Gasteiger partial charge in [0.15, 0.2) is 40.7 Å². The van der Waals surface area contributed by atoms with Gasteiger partial charge in [0, 0.05) is 103 Å². The van der Waals surface area contributed by atoms with Crippen molar-refractivity contribution in [1.29, 1.82) is 0 Å². The highest BCUT2D eigenvalue weighted by Gasteiger charge is 2.47. The van der Waals surface area contributed by atoms with Gasteiger partial charge in [0.25, 0.3) is 0 Å². The molecule has 27 nitrogen and oxygen atoms in total. The molecule has 12 heterocycles. The van der Waals surface area contributed by atoms with Crippen molar-refractivity contribution in [2.75, 3.05) is 90.9 Å². The molecule has 6 aliphatic heterocycles. The largest absolute Gasteiger partial charge is 0.507 e. The molecule has 6 aliphatic rings. The molecule has 134 heavy (non-hydrogen) atoms. The third kappa shape index (κ3) is 15.3. The summed E-state index contributed by atoms with van der Waals surface area (Å²) in [5, 5.41) is 34.9. The van der Waals surface area contributed by atoms with Gasteiger partial charge in [0.05, 0.1) is 120 Å². The number of amides is 3. The van der Waals surface area contributed by atoms with E-state index in [9.17, 15) is 44.1 Å². The van der Waals surface area contributed by atoms with Crippen LogP contribution in [0.2, 0.25) is 0 Å². The van der Waals surface area contributed by atoms with Gasteiger partial charge in [-0.15, -0.1) is 0 Å². The minimum atomic E-state index is -1.28. The summed E-state index contributed by atoms with van der Waals surface area (Å²) in [6, 6.07) is 12.4. The van der Waals surface area contributed by atoms with Crippen LogP contribution in [-0.2, 0) is 14.4 Å². The molecule has 36 heteroatoms. The average molecular weight is 1840 g/mol. The molecular weight excluding hydrogens is 1750 g/mol. The highest BCUT2D eigenvalue weighted by molar-refractivity contribution is 6.08. The van der Waals surface area contributed by atoms with E-state index >= 15 is 39.5 Å². The van der Waals surface area contributed by atoms with Gasteiger partial charge in [-0.3, -0.25) is 43.0 Å². The Morgan fingerprint density at radius 1 is 0.433 bits per heavy atom. The van der Waals surface area contributed by atoms with E-state index in [-0.39, 0.29) is 168 Å². The van der Waals surface area contributed by atoms with Crippen LogP contribution in [0.4, 0.5) is 68.3 Å². The first-order valence-electron chi connectivity index (χ1n) is 43.7. The van der Waals surface area contributed by atoms with Crippen molar-refractivity contribution in [3.8, 4) is 73.4 Å². The predicted molar refractivity (Wildman–Crippen MR) is 492 cm³/mol. The number of phenols is 3. The van der Waals surface area contributed by atoms with E-state index < -0.39 is 168 Å². The number of nitrogens with zero attached hydrogens (tertiary/aromatic N) is 16. The van der Waals surface area contributed by atoms with Gasteiger partial charge in [0.1, 0.15) is 68.7 Å². The number of likely N-dealkylation sites (N-methyl/N-ethyl adjacent to an activating group) is 1. The number of aryl methyl sites for hydroxylation is 3. The van der Waals surface area contributed by atoms with Crippen LogP contribution in [0.1, 0.15) is 120 Å². The number of halogens is 9. The molecule has 3 amide bonds. The van der Waals surface area contributed by atoms with Crippen molar-refractivity contribution in [1.82, 2.24) is 58.3 Å². The van der Waals surface area contributed by atoms with Crippen LogP contribution in [0, 0.1) is 73.1 Å². The van der Waals surface area contributed by atoms with Crippen molar-refractivity contribution in [3.63, 3.8) is 0 Å². The molecule has 0 spiro atoms. The van der Waals surface area contributed by atoms with Crippen LogP contribution in [0.3, 0.4) is 0 Å². The first-order valence-corrected chi connectivity index (χ1v) is 43.7. The molecule has 4 N–H and O–H groups in total. The second-order valence-corrected chi connectivity index (χ2v) is 35.3. The molecule has 6 unspecified atom stereocenters. The van der Waals surface area contributed by atoms with Crippen molar-refractivity contribution in [3.05, 3.63) is 247 Å². The maximum absolute atomic E-state index is 17.3. The first kappa shape index (κ1) is 92.7. The normalized spacial score (nSPS) is 17.9. The lowest BCUT2D eigenvalue weighted by Gasteiger charge is -2.47. The number of anilines is 5. The third-order valence-electron chi connectivity index (χ3n) is 25.6. The summed E-state index contributed by atoms with van der Waals surface area (Å²) >= 11 is 0. The lowest BCUT2D eigenvalue weighted by Crippen LogP contribution is -2.61. The SMILES string of the molecule is C=CC(=O)N1CC(C)N2c3nc(=O)n(-c4c(C)ccnc4C(C)C)c4c(F)c(-c5c(O)cccc5F)c(F)c(c34)N(C)CC2C1.C=CC(=O)N1CC(C)N2c3nc(=O)n(-c4c(C)ccnc4C(C)C)c4c(F)c(-c5c(O)cccc5F)c(F)c(c34)NCC2C1.C=CC(=O)N1CC(C)N2c3nc(=O)n(-c4c(C)ccnc4C(C)C)c4c(F)c(-c5c(O)cccc5F)c(F)c(c34)OCCC2C1. The zero-order valence-corrected chi connectivity index (χ0v) is 75.5. The zero-order chi connectivity index (χ0) is 96.4. The summed E-state index contributed by atoms with van der Waals surface area (Å²) in [6.07, 6.45) is 8.70. The summed E-state index contributed by atoms with van der Waals surface area (Å²) in [5.41, 5.74) is -4.47. The van der Waals surface area contributed by atoms with E-state index in [0.29, 0.717) is 40.2 Å². The van der Waals surface area contributed by atoms with Crippen LogP contribution in [0.15, 0.2) is 144 Å². The zero-order valence-electron chi connectivity index (χ0n) is 75.5. The Kier molecular flexibility index (Phi) is 24.8. The number of hydrogen-bond donors (Lipinski definition) is 4. The maximum atomic E-state index is 17.3. The molecule has 6 aromatic heterocycles. The van der Waals surface area contributed by atoms with Crippen LogP contribution in [0.25, 0.3) is 83.2 Å². The number of ether oxygens (including phenoxy) is 1. The van der Waals surface area contributed by atoms with Crippen molar-refractivity contribution in [2.45, 2.75) is 144 Å². The minimum Gasteiger partial charge on any atom is -0.507 e. The first-order chi connectivity index (χ1) is 63.8. The second kappa shape index (κ2) is 35.8. The Morgan fingerprint density at radius 3 is 1.17 bits per heavy atom. The van der Waals surface area contributed by atoms with E-state index in [1.807, 2.05) is 77.0 Å². The number of piperazine rings is 3.